The van der Waals surface area contributed by atoms with Gasteiger partial charge in [-0.15, -0.1) is 0 Å². The van der Waals surface area contributed by atoms with Crippen LogP contribution in [0, 0.1) is 5.41 Å². The summed E-state index contributed by atoms with van der Waals surface area (Å²) < 4.78 is 1.27. The molecule has 0 saturated heterocycles. The van der Waals surface area contributed by atoms with Crippen molar-refractivity contribution in [1.82, 2.24) is 5.32 Å². The minimum atomic E-state index is 0.443. The summed E-state index contributed by atoms with van der Waals surface area (Å²) in [5.74, 6) is 0.743. The van der Waals surface area contributed by atoms with Crippen LogP contribution in [0.5, 0.6) is 0 Å². The second-order valence-corrected chi connectivity index (χ2v) is 7.51. The molecule has 2 rings (SSSR count). The van der Waals surface area contributed by atoms with Gasteiger partial charge < -0.3 is 5.32 Å². The lowest BCUT2D eigenvalue weighted by Crippen LogP contribution is -2.41. The van der Waals surface area contributed by atoms with Crippen LogP contribution in [0.2, 0.25) is 0 Å². The number of nitrogens with one attached hydrogen (secondary N) is 1. The Kier molecular flexibility index (Phi) is 4.50. The first-order valence-electron chi connectivity index (χ1n) is 6.93. The third-order valence-electron chi connectivity index (χ3n) is 3.79. The lowest BCUT2D eigenvalue weighted by atomic mass is 9.75. The minimum absolute atomic E-state index is 0.443. The molecular weight excluding hydrogens is 286 g/mol. The maximum atomic E-state index is 3.68. The standard InChI is InChI=1S/C16H24BrN/c1-16(2,3)8-9-18-13-10-12(11-13)14-6-4-5-7-15(14)17/h4-7,12-13,18H,8-11H2,1-3H3. The van der Waals surface area contributed by atoms with Crippen LogP contribution in [0.3, 0.4) is 0 Å². The van der Waals surface area contributed by atoms with E-state index >= 15 is 0 Å². The fraction of sp³-hybridized carbons (Fsp3) is 0.625. The third kappa shape index (κ3) is 3.83. The smallest absolute Gasteiger partial charge is 0.0210 e. The predicted molar refractivity (Wildman–Crippen MR) is 82.0 cm³/mol. The Labute approximate surface area is 119 Å². The highest BCUT2D eigenvalue weighted by atomic mass is 79.9. The van der Waals surface area contributed by atoms with Gasteiger partial charge in [-0.2, -0.15) is 0 Å². The molecular formula is C16H24BrN. The predicted octanol–water partition coefficient (Wildman–Crippen LogP) is 4.72. The van der Waals surface area contributed by atoms with E-state index in [4.69, 9.17) is 0 Å². The summed E-state index contributed by atoms with van der Waals surface area (Å²) in [5, 5.41) is 3.68. The van der Waals surface area contributed by atoms with Crippen LogP contribution >= 0.6 is 15.9 Å². The first kappa shape index (κ1) is 14.1. The highest BCUT2D eigenvalue weighted by molar-refractivity contribution is 9.10. The second-order valence-electron chi connectivity index (χ2n) is 6.65. The number of hydrogen-bond acceptors (Lipinski definition) is 1. The van der Waals surface area contributed by atoms with E-state index in [1.807, 2.05) is 0 Å². The largest absolute Gasteiger partial charge is 0.314 e. The molecule has 1 aliphatic carbocycles. The van der Waals surface area contributed by atoms with Crippen LogP contribution in [0.1, 0.15) is 51.5 Å². The fourth-order valence-electron chi connectivity index (χ4n) is 2.50. The molecule has 1 N–H and O–H groups in total. The summed E-state index contributed by atoms with van der Waals surface area (Å²) in [5.41, 5.74) is 1.92. The Morgan fingerprint density at radius 3 is 2.50 bits per heavy atom. The molecule has 18 heavy (non-hydrogen) atoms. The molecule has 0 heterocycles. The van der Waals surface area contributed by atoms with Gasteiger partial charge in [0.25, 0.3) is 0 Å². The lowest BCUT2D eigenvalue weighted by molar-refractivity contribution is 0.270. The van der Waals surface area contributed by atoms with E-state index in [9.17, 15) is 0 Å². The fourth-order valence-corrected chi connectivity index (χ4v) is 3.10. The molecule has 1 aliphatic rings. The Hall–Kier alpha value is -0.340. The second kappa shape index (κ2) is 5.75. The first-order chi connectivity index (χ1) is 8.46. The van der Waals surface area contributed by atoms with Crippen LogP contribution in [0.25, 0.3) is 0 Å². The highest BCUT2D eigenvalue weighted by Crippen LogP contribution is 2.40. The summed E-state index contributed by atoms with van der Waals surface area (Å²) in [6.07, 6.45) is 3.82. The monoisotopic (exact) mass is 309 g/mol. The van der Waals surface area contributed by atoms with Crippen molar-refractivity contribution in [2.75, 3.05) is 6.54 Å². The van der Waals surface area contributed by atoms with Crippen LogP contribution in [0.15, 0.2) is 28.7 Å². The van der Waals surface area contributed by atoms with Gasteiger partial charge in [-0.1, -0.05) is 54.9 Å². The van der Waals surface area contributed by atoms with Gasteiger partial charge in [0.2, 0.25) is 0 Å². The van der Waals surface area contributed by atoms with E-state index in [0.717, 1.165) is 18.5 Å². The number of rotatable bonds is 4. The van der Waals surface area contributed by atoms with E-state index in [1.54, 1.807) is 0 Å². The van der Waals surface area contributed by atoms with Crippen molar-refractivity contribution in [3.05, 3.63) is 34.3 Å². The van der Waals surface area contributed by atoms with Crippen LogP contribution < -0.4 is 5.32 Å². The lowest BCUT2D eigenvalue weighted by Gasteiger charge is -2.37. The molecule has 0 spiro atoms. The van der Waals surface area contributed by atoms with Gasteiger partial charge >= 0.3 is 0 Å². The molecule has 2 heteroatoms. The molecule has 0 radical (unpaired) electrons. The SMILES string of the molecule is CC(C)(C)CCNC1CC(c2ccccc2Br)C1. The summed E-state index contributed by atoms with van der Waals surface area (Å²) >= 11 is 3.65. The Morgan fingerprint density at radius 1 is 1.22 bits per heavy atom. The average molecular weight is 310 g/mol. The van der Waals surface area contributed by atoms with Gasteiger partial charge in [0.15, 0.2) is 0 Å². The van der Waals surface area contributed by atoms with Gasteiger partial charge in [0.1, 0.15) is 0 Å². The van der Waals surface area contributed by atoms with Crippen LogP contribution in [-0.2, 0) is 0 Å². The molecule has 0 aromatic heterocycles. The van der Waals surface area contributed by atoms with E-state index in [2.05, 4.69) is 66.3 Å². The Morgan fingerprint density at radius 2 is 1.89 bits per heavy atom. The van der Waals surface area contributed by atoms with E-state index in [0.29, 0.717) is 5.41 Å². The molecule has 100 valence electrons. The van der Waals surface area contributed by atoms with Gasteiger partial charge in [0.05, 0.1) is 0 Å². The zero-order chi connectivity index (χ0) is 13.2. The molecule has 0 bridgehead atoms. The van der Waals surface area contributed by atoms with Gasteiger partial charge in [0, 0.05) is 10.5 Å². The number of hydrogen-bond donors (Lipinski definition) is 1. The maximum absolute atomic E-state index is 3.68. The zero-order valence-corrected chi connectivity index (χ0v) is 13.3. The summed E-state index contributed by atoms with van der Waals surface area (Å²) in [6.45, 7) is 8.06. The molecule has 1 aromatic rings. The van der Waals surface area contributed by atoms with Crippen molar-refractivity contribution in [1.29, 1.82) is 0 Å². The third-order valence-corrected chi connectivity index (χ3v) is 4.51. The van der Waals surface area contributed by atoms with Crippen molar-refractivity contribution in [3.8, 4) is 0 Å². The Balaban J connectivity index is 1.73. The quantitative estimate of drug-likeness (QED) is 0.848. The first-order valence-corrected chi connectivity index (χ1v) is 7.73. The van der Waals surface area contributed by atoms with Crippen molar-refractivity contribution >= 4 is 15.9 Å². The molecule has 0 aliphatic heterocycles. The highest BCUT2D eigenvalue weighted by Gasteiger charge is 2.30. The van der Waals surface area contributed by atoms with Crippen LogP contribution in [0.4, 0.5) is 0 Å². The number of benzene rings is 1. The Bertz CT molecular complexity index is 388. The molecule has 0 atom stereocenters. The van der Waals surface area contributed by atoms with Crippen LogP contribution in [-0.4, -0.2) is 12.6 Å². The zero-order valence-electron chi connectivity index (χ0n) is 11.7. The van der Waals surface area contributed by atoms with Crippen molar-refractivity contribution in [2.24, 2.45) is 5.41 Å². The van der Waals surface area contributed by atoms with Gasteiger partial charge in [-0.25, -0.2) is 0 Å². The van der Waals surface area contributed by atoms with E-state index in [-0.39, 0.29) is 0 Å². The minimum Gasteiger partial charge on any atom is -0.314 e. The van der Waals surface area contributed by atoms with Crippen molar-refractivity contribution < 1.29 is 0 Å². The molecule has 0 amide bonds. The summed E-state index contributed by atoms with van der Waals surface area (Å²) in [4.78, 5) is 0. The normalized spacial score (nSPS) is 23.8. The topological polar surface area (TPSA) is 12.0 Å². The average Bonchev–Trinajstić information content (AvgIpc) is 2.21. The van der Waals surface area contributed by atoms with Crippen molar-refractivity contribution in [2.45, 2.75) is 52.0 Å². The molecule has 1 saturated carbocycles. The summed E-state index contributed by atoms with van der Waals surface area (Å²) in [7, 11) is 0. The van der Waals surface area contributed by atoms with Crippen molar-refractivity contribution in [3.63, 3.8) is 0 Å². The maximum Gasteiger partial charge on any atom is 0.0210 e. The molecule has 1 aromatic carbocycles. The number of halogens is 1. The molecule has 1 fully saturated rings. The van der Waals surface area contributed by atoms with Gasteiger partial charge in [-0.3, -0.25) is 0 Å². The van der Waals surface area contributed by atoms with Gasteiger partial charge in [-0.05, 0) is 48.8 Å². The molecule has 1 nitrogen and oxygen atoms in total. The van der Waals surface area contributed by atoms with E-state index < -0.39 is 0 Å². The van der Waals surface area contributed by atoms with E-state index in [1.165, 1.54) is 29.3 Å². The summed E-state index contributed by atoms with van der Waals surface area (Å²) in [6, 6.07) is 9.35. The molecule has 0 unspecified atom stereocenters.